The van der Waals surface area contributed by atoms with Gasteiger partial charge >= 0.3 is 5.97 Å². The number of aryl methyl sites for hydroxylation is 2. The summed E-state index contributed by atoms with van der Waals surface area (Å²) in [7, 11) is 0. The minimum Gasteiger partial charge on any atom is -0.481 e. The second-order valence-corrected chi connectivity index (χ2v) is 6.39. The van der Waals surface area contributed by atoms with Crippen molar-refractivity contribution in [3.05, 3.63) is 71.3 Å². The van der Waals surface area contributed by atoms with Crippen LogP contribution in [-0.2, 0) is 20.8 Å². The largest absolute Gasteiger partial charge is 0.481 e. The molecule has 1 atom stereocenters. The van der Waals surface area contributed by atoms with Gasteiger partial charge < -0.3 is 15.7 Å². The Kier molecular flexibility index (Phi) is 7.55. The molecule has 0 saturated heterocycles. The number of nitrogens with one attached hydrogen (secondary N) is 2. The van der Waals surface area contributed by atoms with Crippen molar-refractivity contribution in [2.24, 2.45) is 0 Å². The molecule has 0 radical (unpaired) electrons. The van der Waals surface area contributed by atoms with Crippen LogP contribution in [0.2, 0.25) is 0 Å². The van der Waals surface area contributed by atoms with Crippen LogP contribution in [0, 0.1) is 6.92 Å². The molecule has 0 bridgehead atoms. The van der Waals surface area contributed by atoms with Gasteiger partial charge in [-0.05, 0) is 24.5 Å². The van der Waals surface area contributed by atoms with E-state index in [4.69, 9.17) is 5.11 Å². The van der Waals surface area contributed by atoms with Gasteiger partial charge in [0.15, 0.2) is 0 Å². The summed E-state index contributed by atoms with van der Waals surface area (Å²) in [6, 6.07) is 16.2. The summed E-state index contributed by atoms with van der Waals surface area (Å²) in [5, 5.41) is 14.3. The molecule has 6 heteroatoms. The number of carbonyl (C=O) groups is 3. The fourth-order valence-electron chi connectivity index (χ4n) is 2.64. The van der Waals surface area contributed by atoms with Crippen LogP contribution in [0.5, 0.6) is 0 Å². The molecule has 0 saturated carbocycles. The Morgan fingerprint density at radius 2 is 1.63 bits per heavy atom. The number of aliphatic carboxylic acids is 1. The molecule has 0 aliphatic heterocycles. The zero-order valence-electron chi connectivity index (χ0n) is 15.3. The van der Waals surface area contributed by atoms with Crippen LogP contribution in [-0.4, -0.2) is 29.4 Å². The van der Waals surface area contributed by atoms with Crippen LogP contribution in [0.4, 0.5) is 0 Å². The maximum absolute atomic E-state index is 12.1. The summed E-state index contributed by atoms with van der Waals surface area (Å²) in [5.74, 6) is -1.65. The van der Waals surface area contributed by atoms with Gasteiger partial charge in [-0.15, -0.1) is 0 Å². The minimum atomic E-state index is -1.01. The predicted octanol–water partition coefficient (Wildman–Crippen LogP) is 2.38. The fraction of sp³-hybridized carbons (Fsp3) is 0.286. The number of benzene rings is 2. The number of hydrogen-bond donors (Lipinski definition) is 3. The molecule has 0 spiro atoms. The third kappa shape index (κ3) is 7.32. The van der Waals surface area contributed by atoms with Gasteiger partial charge in [-0.25, -0.2) is 0 Å². The monoisotopic (exact) mass is 368 g/mol. The molecule has 27 heavy (non-hydrogen) atoms. The van der Waals surface area contributed by atoms with Gasteiger partial charge in [0.2, 0.25) is 11.8 Å². The van der Waals surface area contributed by atoms with E-state index in [1.807, 2.05) is 37.3 Å². The molecule has 2 aromatic carbocycles. The first-order valence-corrected chi connectivity index (χ1v) is 8.82. The van der Waals surface area contributed by atoms with Crippen LogP contribution in [0.15, 0.2) is 54.6 Å². The first kappa shape index (κ1) is 20.2. The highest BCUT2D eigenvalue weighted by molar-refractivity contribution is 5.85. The summed E-state index contributed by atoms with van der Waals surface area (Å²) in [4.78, 5) is 35.1. The first-order chi connectivity index (χ1) is 12.9. The van der Waals surface area contributed by atoms with E-state index in [0.717, 1.165) is 11.1 Å². The van der Waals surface area contributed by atoms with Gasteiger partial charge in [-0.1, -0.05) is 60.2 Å². The van der Waals surface area contributed by atoms with E-state index in [1.54, 1.807) is 24.3 Å². The molecule has 0 aliphatic rings. The van der Waals surface area contributed by atoms with E-state index < -0.39 is 17.9 Å². The van der Waals surface area contributed by atoms with Gasteiger partial charge in [-0.2, -0.15) is 0 Å². The molecule has 0 aliphatic carbocycles. The lowest BCUT2D eigenvalue weighted by atomic mass is 10.0. The summed E-state index contributed by atoms with van der Waals surface area (Å²) in [6.07, 6.45) is 0.657. The van der Waals surface area contributed by atoms with Gasteiger partial charge in [-0.3, -0.25) is 14.4 Å². The highest BCUT2D eigenvalue weighted by Crippen LogP contribution is 2.16. The van der Waals surface area contributed by atoms with Crippen molar-refractivity contribution in [2.45, 2.75) is 32.2 Å². The van der Waals surface area contributed by atoms with Crippen LogP contribution in [0.1, 0.15) is 35.6 Å². The average Bonchev–Trinajstić information content (AvgIpc) is 2.66. The van der Waals surface area contributed by atoms with Crippen molar-refractivity contribution >= 4 is 17.8 Å². The smallest absolute Gasteiger partial charge is 0.305 e. The van der Waals surface area contributed by atoms with Crippen LogP contribution < -0.4 is 10.6 Å². The molecule has 6 nitrogen and oxygen atoms in total. The molecule has 142 valence electrons. The van der Waals surface area contributed by atoms with Crippen molar-refractivity contribution in [3.8, 4) is 0 Å². The molecule has 2 rings (SSSR count). The molecule has 0 heterocycles. The summed E-state index contributed by atoms with van der Waals surface area (Å²) < 4.78 is 0. The van der Waals surface area contributed by atoms with Gasteiger partial charge in [0, 0.05) is 6.42 Å². The van der Waals surface area contributed by atoms with Crippen molar-refractivity contribution in [1.29, 1.82) is 0 Å². The number of rotatable bonds is 9. The summed E-state index contributed by atoms with van der Waals surface area (Å²) in [6.45, 7) is 1.82. The normalized spacial score (nSPS) is 11.4. The van der Waals surface area contributed by atoms with Crippen molar-refractivity contribution in [1.82, 2.24) is 10.6 Å². The Morgan fingerprint density at radius 1 is 0.963 bits per heavy atom. The second kappa shape index (κ2) is 10.1. The quantitative estimate of drug-likeness (QED) is 0.633. The highest BCUT2D eigenvalue weighted by atomic mass is 16.4. The number of amides is 2. The summed E-state index contributed by atoms with van der Waals surface area (Å²) in [5.41, 5.74) is 2.93. The molecule has 1 unspecified atom stereocenters. The third-order valence-electron chi connectivity index (χ3n) is 4.12. The van der Waals surface area contributed by atoms with Crippen LogP contribution in [0.3, 0.4) is 0 Å². The molecule has 2 amide bonds. The Bertz CT molecular complexity index is 773. The maximum atomic E-state index is 12.1. The van der Waals surface area contributed by atoms with Crippen LogP contribution in [0.25, 0.3) is 0 Å². The van der Waals surface area contributed by atoms with Gasteiger partial charge in [0.05, 0.1) is 19.0 Å². The van der Waals surface area contributed by atoms with E-state index >= 15 is 0 Å². The van der Waals surface area contributed by atoms with E-state index in [9.17, 15) is 14.4 Å². The zero-order valence-corrected chi connectivity index (χ0v) is 15.3. The molecule has 3 N–H and O–H groups in total. The molecule has 2 aromatic rings. The van der Waals surface area contributed by atoms with E-state index in [2.05, 4.69) is 10.6 Å². The lowest BCUT2D eigenvalue weighted by molar-refractivity contribution is -0.138. The fourth-order valence-corrected chi connectivity index (χ4v) is 2.64. The number of carboxylic acid groups (broad SMARTS) is 1. The first-order valence-electron chi connectivity index (χ1n) is 8.82. The third-order valence-corrected chi connectivity index (χ3v) is 4.12. The Morgan fingerprint density at radius 3 is 2.26 bits per heavy atom. The molecule has 0 fully saturated rings. The van der Waals surface area contributed by atoms with Gasteiger partial charge in [0.25, 0.3) is 0 Å². The predicted molar refractivity (Wildman–Crippen MR) is 102 cm³/mol. The van der Waals surface area contributed by atoms with Crippen molar-refractivity contribution in [3.63, 3.8) is 0 Å². The van der Waals surface area contributed by atoms with E-state index in [-0.39, 0.29) is 25.3 Å². The number of carbonyl (C=O) groups excluding carboxylic acids is 2. The highest BCUT2D eigenvalue weighted by Gasteiger charge is 2.18. The van der Waals surface area contributed by atoms with E-state index in [0.29, 0.717) is 12.0 Å². The van der Waals surface area contributed by atoms with Crippen molar-refractivity contribution in [2.75, 3.05) is 6.54 Å². The van der Waals surface area contributed by atoms with Crippen LogP contribution >= 0.6 is 0 Å². The molecule has 0 aromatic heterocycles. The minimum absolute atomic E-state index is 0.185. The number of carboxylic acids is 1. The summed E-state index contributed by atoms with van der Waals surface area (Å²) >= 11 is 0. The average molecular weight is 368 g/mol. The molecular formula is C21H24N2O4. The topological polar surface area (TPSA) is 95.5 Å². The number of hydrogen-bond acceptors (Lipinski definition) is 3. The SMILES string of the molecule is Cc1ccc(CCC(=O)NCC(=O)NC(CC(=O)O)c2ccccc2)cc1. The Balaban J connectivity index is 1.80. The second-order valence-electron chi connectivity index (χ2n) is 6.39. The standard InChI is InChI=1S/C21H24N2O4/c1-15-7-9-16(10-8-15)11-12-19(24)22-14-20(25)23-18(13-21(26)27)17-5-3-2-4-6-17/h2-10,18H,11-14H2,1H3,(H,22,24)(H,23,25)(H,26,27). The van der Waals surface area contributed by atoms with Crippen molar-refractivity contribution < 1.29 is 19.5 Å². The lowest BCUT2D eigenvalue weighted by Crippen LogP contribution is -2.39. The lowest BCUT2D eigenvalue weighted by Gasteiger charge is -2.17. The maximum Gasteiger partial charge on any atom is 0.305 e. The Labute approximate surface area is 158 Å². The Hall–Kier alpha value is -3.15. The van der Waals surface area contributed by atoms with E-state index in [1.165, 1.54) is 0 Å². The van der Waals surface area contributed by atoms with Gasteiger partial charge in [0.1, 0.15) is 0 Å². The molecular weight excluding hydrogens is 344 g/mol. The zero-order chi connectivity index (χ0) is 19.6.